The molecule has 1 unspecified atom stereocenters. The second-order valence-electron chi connectivity index (χ2n) is 4.85. The number of hydrogen-bond acceptors (Lipinski definition) is 3. The number of carbonyl (C=O) groups excluding carboxylic acids is 1. The van der Waals surface area contributed by atoms with Crippen LogP contribution in [0.25, 0.3) is 0 Å². The first-order chi connectivity index (χ1) is 9.58. The maximum absolute atomic E-state index is 12.0. The molecule has 0 saturated carbocycles. The molecule has 1 heterocycles. The van der Waals surface area contributed by atoms with Crippen molar-refractivity contribution in [2.24, 2.45) is 0 Å². The second kappa shape index (κ2) is 8.36. The lowest BCUT2D eigenvalue weighted by Gasteiger charge is -2.32. The summed E-state index contributed by atoms with van der Waals surface area (Å²) in [5.41, 5.74) is 0.696. The summed E-state index contributed by atoms with van der Waals surface area (Å²) in [6.45, 7) is 0.763. The Morgan fingerprint density at radius 3 is 2.71 bits per heavy atom. The van der Waals surface area contributed by atoms with E-state index in [1.54, 1.807) is 11.0 Å². The van der Waals surface area contributed by atoms with E-state index < -0.39 is 12.0 Å². The van der Waals surface area contributed by atoms with Crippen molar-refractivity contribution in [1.29, 1.82) is 0 Å². The van der Waals surface area contributed by atoms with Gasteiger partial charge in [-0.1, -0.05) is 18.6 Å². The monoisotopic (exact) mass is 376 g/mol. The van der Waals surface area contributed by atoms with Crippen LogP contribution < -0.4 is 5.32 Å². The van der Waals surface area contributed by atoms with Crippen LogP contribution >= 0.6 is 28.3 Å². The minimum atomic E-state index is -0.849. The Morgan fingerprint density at radius 1 is 1.33 bits per heavy atom. The van der Waals surface area contributed by atoms with Gasteiger partial charge >= 0.3 is 5.97 Å². The predicted molar refractivity (Wildman–Crippen MR) is 86.9 cm³/mol. The number of benzene rings is 1. The minimum absolute atomic E-state index is 0. The molecule has 1 atom stereocenters. The molecule has 1 aromatic carbocycles. The molecule has 1 aliphatic heterocycles. The number of carboxylic acids is 1. The molecule has 5 nitrogen and oxygen atoms in total. The zero-order chi connectivity index (χ0) is 14.5. The third kappa shape index (κ3) is 4.98. The van der Waals surface area contributed by atoms with Crippen molar-refractivity contribution in [2.75, 3.05) is 18.4 Å². The lowest BCUT2D eigenvalue weighted by Crippen LogP contribution is -2.47. The van der Waals surface area contributed by atoms with Gasteiger partial charge in [-0.05, 0) is 47.4 Å². The van der Waals surface area contributed by atoms with Crippen LogP contribution in [0, 0.1) is 0 Å². The smallest absolute Gasteiger partial charge is 0.320 e. The van der Waals surface area contributed by atoms with Crippen molar-refractivity contribution in [3.05, 3.63) is 28.7 Å². The fourth-order valence-corrected chi connectivity index (χ4v) is 2.78. The molecule has 1 saturated heterocycles. The van der Waals surface area contributed by atoms with Gasteiger partial charge in [0.15, 0.2) is 0 Å². The first kappa shape index (κ1) is 17.9. The number of anilines is 1. The number of likely N-dealkylation sites (tertiary alicyclic amines) is 1. The molecular formula is C14H18BrClN2O3. The molecule has 2 rings (SSSR count). The molecule has 0 spiro atoms. The van der Waals surface area contributed by atoms with Crippen LogP contribution in [-0.2, 0) is 9.59 Å². The third-order valence-corrected chi connectivity index (χ3v) is 4.08. The van der Waals surface area contributed by atoms with E-state index in [-0.39, 0.29) is 24.9 Å². The highest BCUT2D eigenvalue weighted by Gasteiger charge is 2.29. The molecule has 116 valence electrons. The lowest BCUT2D eigenvalue weighted by molar-refractivity contribution is -0.145. The molecule has 0 aliphatic carbocycles. The number of nitrogens with one attached hydrogen (secondary N) is 1. The average molecular weight is 378 g/mol. The standard InChI is InChI=1S/C14H17BrN2O3.ClH/c15-10-5-1-2-6-11(10)16-13(18)9-17-8-4-3-7-12(17)14(19)20;/h1-2,5-6,12H,3-4,7-9H2,(H,16,18)(H,19,20);1H. The summed E-state index contributed by atoms with van der Waals surface area (Å²) in [4.78, 5) is 24.9. The fraction of sp³-hybridized carbons (Fsp3) is 0.429. The second-order valence-corrected chi connectivity index (χ2v) is 5.70. The molecule has 1 aliphatic rings. The van der Waals surface area contributed by atoms with Crippen molar-refractivity contribution in [3.63, 3.8) is 0 Å². The van der Waals surface area contributed by atoms with E-state index in [0.29, 0.717) is 18.7 Å². The van der Waals surface area contributed by atoms with Crippen LogP contribution in [0.1, 0.15) is 19.3 Å². The molecule has 1 amide bonds. The minimum Gasteiger partial charge on any atom is -0.480 e. The first-order valence-electron chi connectivity index (χ1n) is 6.59. The molecule has 0 radical (unpaired) electrons. The number of amides is 1. The summed E-state index contributed by atoms with van der Waals surface area (Å²) in [6, 6.07) is 6.80. The van der Waals surface area contributed by atoms with Gasteiger partial charge in [0.1, 0.15) is 6.04 Å². The highest BCUT2D eigenvalue weighted by Crippen LogP contribution is 2.22. The summed E-state index contributed by atoms with van der Waals surface area (Å²) in [6.07, 6.45) is 2.45. The van der Waals surface area contributed by atoms with Crippen molar-refractivity contribution in [2.45, 2.75) is 25.3 Å². The first-order valence-corrected chi connectivity index (χ1v) is 7.38. The van der Waals surface area contributed by atoms with Gasteiger partial charge in [-0.25, -0.2) is 0 Å². The van der Waals surface area contributed by atoms with Crippen molar-refractivity contribution in [1.82, 2.24) is 4.90 Å². The van der Waals surface area contributed by atoms with Crippen LogP contribution in [0.2, 0.25) is 0 Å². The van der Waals surface area contributed by atoms with Gasteiger partial charge in [-0.2, -0.15) is 0 Å². The number of nitrogens with zero attached hydrogens (tertiary/aromatic N) is 1. The van der Waals surface area contributed by atoms with E-state index in [2.05, 4.69) is 21.2 Å². The quantitative estimate of drug-likeness (QED) is 0.846. The number of piperidine rings is 1. The van der Waals surface area contributed by atoms with Crippen molar-refractivity contribution in [3.8, 4) is 0 Å². The van der Waals surface area contributed by atoms with Crippen LogP contribution in [-0.4, -0.2) is 41.0 Å². The van der Waals surface area contributed by atoms with Gasteiger partial charge in [0.25, 0.3) is 0 Å². The van der Waals surface area contributed by atoms with E-state index in [1.165, 1.54) is 0 Å². The fourth-order valence-electron chi connectivity index (χ4n) is 2.40. The van der Waals surface area contributed by atoms with Crippen molar-refractivity contribution < 1.29 is 14.7 Å². The van der Waals surface area contributed by atoms with E-state index in [0.717, 1.165) is 17.3 Å². The Hall–Kier alpha value is -1.11. The van der Waals surface area contributed by atoms with E-state index in [1.807, 2.05) is 18.2 Å². The Morgan fingerprint density at radius 2 is 2.05 bits per heavy atom. The van der Waals surface area contributed by atoms with Crippen LogP contribution in [0.5, 0.6) is 0 Å². The van der Waals surface area contributed by atoms with Crippen LogP contribution in [0.3, 0.4) is 0 Å². The number of hydrogen-bond donors (Lipinski definition) is 2. The number of halogens is 2. The zero-order valence-electron chi connectivity index (χ0n) is 11.4. The molecular weight excluding hydrogens is 360 g/mol. The van der Waals surface area contributed by atoms with Crippen LogP contribution in [0.4, 0.5) is 5.69 Å². The summed E-state index contributed by atoms with van der Waals surface area (Å²) in [5, 5.41) is 12.0. The zero-order valence-corrected chi connectivity index (χ0v) is 13.8. The van der Waals surface area contributed by atoms with Gasteiger partial charge in [0.05, 0.1) is 12.2 Å². The summed E-state index contributed by atoms with van der Waals surface area (Å²) < 4.78 is 0.807. The Bertz CT molecular complexity index is 513. The van der Waals surface area contributed by atoms with E-state index >= 15 is 0 Å². The SMILES string of the molecule is Cl.O=C(CN1CCCCC1C(=O)O)Nc1ccccc1Br. The summed E-state index contributed by atoms with van der Waals surface area (Å²) >= 11 is 3.36. The van der Waals surface area contributed by atoms with E-state index in [9.17, 15) is 14.7 Å². The topological polar surface area (TPSA) is 69.6 Å². The highest BCUT2D eigenvalue weighted by atomic mass is 79.9. The molecule has 7 heteroatoms. The van der Waals surface area contributed by atoms with Gasteiger partial charge in [-0.3, -0.25) is 14.5 Å². The highest BCUT2D eigenvalue weighted by molar-refractivity contribution is 9.10. The lowest BCUT2D eigenvalue weighted by atomic mass is 10.0. The Balaban J connectivity index is 0.00000220. The van der Waals surface area contributed by atoms with Gasteiger partial charge in [0.2, 0.25) is 5.91 Å². The molecule has 0 bridgehead atoms. The maximum atomic E-state index is 12.0. The molecule has 1 aromatic rings. The number of carbonyl (C=O) groups is 2. The van der Waals surface area contributed by atoms with Gasteiger partial charge < -0.3 is 10.4 Å². The molecule has 21 heavy (non-hydrogen) atoms. The van der Waals surface area contributed by atoms with Gasteiger partial charge in [-0.15, -0.1) is 12.4 Å². The van der Waals surface area contributed by atoms with Crippen molar-refractivity contribution >= 4 is 45.9 Å². The number of carboxylic acid groups (broad SMARTS) is 1. The summed E-state index contributed by atoms with van der Waals surface area (Å²) in [7, 11) is 0. The predicted octanol–water partition coefficient (Wildman–Crippen LogP) is 2.75. The molecule has 2 N–H and O–H groups in total. The van der Waals surface area contributed by atoms with Gasteiger partial charge in [0, 0.05) is 4.47 Å². The largest absolute Gasteiger partial charge is 0.480 e. The molecule has 1 fully saturated rings. The molecule has 0 aromatic heterocycles. The maximum Gasteiger partial charge on any atom is 0.320 e. The van der Waals surface area contributed by atoms with Crippen LogP contribution in [0.15, 0.2) is 28.7 Å². The normalized spacial score (nSPS) is 18.6. The van der Waals surface area contributed by atoms with E-state index in [4.69, 9.17) is 0 Å². The Kier molecular flexibility index (Phi) is 7.14. The number of rotatable bonds is 4. The average Bonchev–Trinajstić information content (AvgIpc) is 2.41. The third-order valence-electron chi connectivity index (χ3n) is 3.39. The Labute approximate surface area is 138 Å². The number of para-hydroxylation sites is 1. The number of aliphatic carboxylic acids is 1. The summed E-state index contributed by atoms with van der Waals surface area (Å²) in [5.74, 6) is -1.04.